The van der Waals surface area contributed by atoms with E-state index in [1.54, 1.807) is 0 Å². The molecule has 4 nitrogen and oxygen atoms in total. The van der Waals surface area contributed by atoms with Crippen molar-refractivity contribution in [3.63, 3.8) is 0 Å². The van der Waals surface area contributed by atoms with E-state index in [-0.39, 0.29) is 12.4 Å². The first-order valence-electron chi connectivity index (χ1n) is 6.11. The lowest BCUT2D eigenvalue weighted by Crippen LogP contribution is -2.34. The van der Waals surface area contributed by atoms with Gasteiger partial charge in [-0.25, -0.2) is 0 Å². The molecule has 2 rings (SSSR count). The molecule has 0 amide bonds. The van der Waals surface area contributed by atoms with Crippen LogP contribution in [0.1, 0.15) is 18.4 Å². The largest absolute Gasteiger partial charge is 0.317 e. The Balaban J connectivity index is 0.00000144. The highest BCUT2D eigenvalue weighted by molar-refractivity contribution is 5.85. The third kappa shape index (κ3) is 4.66. The van der Waals surface area contributed by atoms with Crippen LogP contribution in [0.3, 0.4) is 0 Å². The third-order valence-corrected chi connectivity index (χ3v) is 3.24. The Labute approximate surface area is 110 Å². The van der Waals surface area contributed by atoms with Crippen molar-refractivity contribution < 1.29 is 0 Å². The maximum atomic E-state index is 4.20. The van der Waals surface area contributed by atoms with Crippen molar-refractivity contribution in [2.45, 2.75) is 19.4 Å². The molecule has 2 heterocycles. The third-order valence-electron chi connectivity index (χ3n) is 3.24. The topological polar surface area (TPSA) is 33.1 Å². The van der Waals surface area contributed by atoms with Gasteiger partial charge >= 0.3 is 0 Å². The molecular formula is C12H23ClN4. The predicted molar refractivity (Wildman–Crippen MR) is 72.4 cm³/mol. The summed E-state index contributed by atoms with van der Waals surface area (Å²) in [6.45, 7) is 4.59. The van der Waals surface area contributed by atoms with Gasteiger partial charge in [0, 0.05) is 31.9 Å². The van der Waals surface area contributed by atoms with E-state index in [9.17, 15) is 0 Å². The Bertz CT molecular complexity index is 320. The fourth-order valence-electron chi connectivity index (χ4n) is 2.43. The maximum Gasteiger partial charge on any atom is 0.0534 e. The standard InChI is InChI=1S/C12H22N4.ClH/c1-15(8-11-3-5-13-6-4-11)9-12-7-14-16(2)10-12;/h7,10-11,13H,3-6,8-9H2,1-2H3;1H. The molecule has 0 bridgehead atoms. The Kier molecular flexibility index (Phi) is 5.95. The molecule has 98 valence electrons. The van der Waals surface area contributed by atoms with Gasteiger partial charge in [0.15, 0.2) is 0 Å². The molecule has 0 atom stereocenters. The number of rotatable bonds is 4. The Morgan fingerprint density at radius 2 is 2.18 bits per heavy atom. The fraction of sp³-hybridized carbons (Fsp3) is 0.750. The van der Waals surface area contributed by atoms with Crippen LogP contribution in [-0.4, -0.2) is 41.4 Å². The first-order chi connectivity index (χ1) is 7.74. The molecule has 1 aromatic heterocycles. The van der Waals surface area contributed by atoms with E-state index in [0.717, 1.165) is 12.5 Å². The molecule has 1 saturated heterocycles. The summed E-state index contributed by atoms with van der Waals surface area (Å²) < 4.78 is 1.87. The van der Waals surface area contributed by atoms with E-state index in [1.807, 2.05) is 17.9 Å². The molecule has 0 aromatic carbocycles. The van der Waals surface area contributed by atoms with E-state index >= 15 is 0 Å². The van der Waals surface area contributed by atoms with Gasteiger partial charge in [-0.1, -0.05) is 0 Å². The Hall–Kier alpha value is -0.580. The first kappa shape index (κ1) is 14.5. The van der Waals surface area contributed by atoms with Crippen molar-refractivity contribution in [3.8, 4) is 0 Å². The zero-order valence-electron chi connectivity index (χ0n) is 10.7. The van der Waals surface area contributed by atoms with Crippen molar-refractivity contribution in [2.24, 2.45) is 13.0 Å². The molecule has 0 radical (unpaired) electrons. The number of nitrogens with zero attached hydrogens (tertiary/aromatic N) is 3. The minimum atomic E-state index is 0. The number of aromatic nitrogens is 2. The van der Waals surface area contributed by atoms with Gasteiger partial charge in [-0.05, 0) is 38.9 Å². The summed E-state index contributed by atoms with van der Waals surface area (Å²) in [7, 11) is 4.17. The van der Waals surface area contributed by atoms with Crippen molar-refractivity contribution >= 4 is 12.4 Å². The van der Waals surface area contributed by atoms with Crippen molar-refractivity contribution in [1.82, 2.24) is 20.0 Å². The van der Waals surface area contributed by atoms with Gasteiger partial charge in [-0.3, -0.25) is 4.68 Å². The highest BCUT2D eigenvalue weighted by Crippen LogP contribution is 2.13. The normalized spacial score (nSPS) is 17.1. The van der Waals surface area contributed by atoms with Gasteiger partial charge in [-0.2, -0.15) is 5.10 Å². The quantitative estimate of drug-likeness (QED) is 0.883. The van der Waals surface area contributed by atoms with E-state index in [4.69, 9.17) is 0 Å². The van der Waals surface area contributed by atoms with Gasteiger partial charge in [-0.15, -0.1) is 12.4 Å². The summed E-state index contributed by atoms with van der Waals surface area (Å²) in [5, 5.41) is 7.61. The lowest BCUT2D eigenvalue weighted by molar-refractivity contribution is 0.234. The number of nitrogens with one attached hydrogen (secondary N) is 1. The number of aryl methyl sites for hydroxylation is 1. The molecule has 0 saturated carbocycles. The van der Waals surface area contributed by atoms with E-state index in [0.29, 0.717) is 0 Å². The van der Waals surface area contributed by atoms with Gasteiger partial charge in [0.25, 0.3) is 0 Å². The molecule has 0 unspecified atom stereocenters. The lowest BCUT2D eigenvalue weighted by Gasteiger charge is -2.27. The minimum Gasteiger partial charge on any atom is -0.317 e. The number of piperidine rings is 1. The second kappa shape index (κ2) is 6.99. The van der Waals surface area contributed by atoms with E-state index < -0.39 is 0 Å². The van der Waals surface area contributed by atoms with Crippen LogP contribution >= 0.6 is 12.4 Å². The van der Waals surface area contributed by atoms with Gasteiger partial charge < -0.3 is 10.2 Å². The Morgan fingerprint density at radius 3 is 2.76 bits per heavy atom. The monoisotopic (exact) mass is 258 g/mol. The minimum absolute atomic E-state index is 0. The maximum absolute atomic E-state index is 4.20. The lowest BCUT2D eigenvalue weighted by atomic mass is 9.97. The van der Waals surface area contributed by atoms with Gasteiger partial charge in [0.05, 0.1) is 6.20 Å². The van der Waals surface area contributed by atoms with E-state index in [1.165, 1.54) is 38.0 Å². The van der Waals surface area contributed by atoms with Crippen LogP contribution in [0, 0.1) is 5.92 Å². The fourth-order valence-corrected chi connectivity index (χ4v) is 2.43. The second-order valence-corrected chi connectivity index (χ2v) is 4.91. The zero-order chi connectivity index (χ0) is 11.4. The predicted octanol–water partition coefficient (Wildman–Crippen LogP) is 1.27. The first-order valence-corrected chi connectivity index (χ1v) is 6.11. The molecule has 1 aliphatic heterocycles. The molecule has 1 aromatic rings. The second-order valence-electron chi connectivity index (χ2n) is 4.91. The summed E-state index contributed by atoms with van der Waals surface area (Å²) in [6, 6.07) is 0. The van der Waals surface area contributed by atoms with Crippen LogP contribution in [0.5, 0.6) is 0 Å². The highest BCUT2D eigenvalue weighted by atomic mass is 35.5. The summed E-state index contributed by atoms with van der Waals surface area (Å²) >= 11 is 0. The van der Waals surface area contributed by atoms with Crippen molar-refractivity contribution in [1.29, 1.82) is 0 Å². The van der Waals surface area contributed by atoms with Gasteiger partial charge in [0.2, 0.25) is 0 Å². The van der Waals surface area contributed by atoms with E-state index in [2.05, 4.69) is 28.6 Å². The van der Waals surface area contributed by atoms with Crippen molar-refractivity contribution in [2.75, 3.05) is 26.7 Å². The average Bonchev–Trinajstić information content (AvgIpc) is 2.65. The molecule has 17 heavy (non-hydrogen) atoms. The summed E-state index contributed by atoms with van der Waals surface area (Å²) in [4.78, 5) is 2.41. The molecule has 0 aliphatic carbocycles. The summed E-state index contributed by atoms with van der Waals surface area (Å²) in [5.74, 6) is 0.864. The number of hydrogen-bond donors (Lipinski definition) is 1. The number of hydrogen-bond acceptors (Lipinski definition) is 3. The number of halogens is 1. The van der Waals surface area contributed by atoms with Gasteiger partial charge in [0.1, 0.15) is 0 Å². The zero-order valence-corrected chi connectivity index (χ0v) is 11.5. The summed E-state index contributed by atoms with van der Waals surface area (Å²) in [5.41, 5.74) is 1.30. The average molecular weight is 259 g/mol. The molecular weight excluding hydrogens is 236 g/mol. The van der Waals surface area contributed by atoms with Crippen LogP contribution in [0.15, 0.2) is 12.4 Å². The van der Waals surface area contributed by atoms with Crippen LogP contribution in [-0.2, 0) is 13.6 Å². The summed E-state index contributed by atoms with van der Waals surface area (Å²) in [6.07, 6.45) is 6.69. The molecule has 1 aliphatic rings. The Morgan fingerprint density at radius 1 is 1.47 bits per heavy atom. The van der Waals surface area contributed by atoms with Crippen LogP contribution in [0.2, 0.25) is 0 Å². The van der Waals surface area contributed by atoms with Crippen LogP contribution in [0.25, 0.3) is 0 Å². The molecule has 1 N–H and O–H groups in total. The van der Waals surface area contributed by atoms with Crippen molar-refractivity contribution in [3.05, 3.63) is 18.0 Å². The van der Waals surface area contributed by atoms with Crippen LogP contribution in [0.4, 0.5) is 0 Å². The smallest absolute Gasteiger partial charge is 0.0534 e. The molecule has 0 spiro atoms. The molecule has 5 heteroatoms. The highest BCUT2D eigenvalue weighted by Gasteiger charge is 2.15. The van der Waals surface area contributed by atoms with Crippen LogP contribution < -0.4 is 5.32 Å². The molecule has 1 fully saturated rings. The SMILES string of the molecule is CN(Cc1cnn(C)c1)CC1CCNCC1.Cl.